The van der Waals surface area contributed by atoms with E-state index in [1.54, 1.807) is 7.11 Å². The van der Waals surface area contributed by atoms with E-state index in [1.165, 1.54) is 0 Å². The summed E-state index contributed by atoms with van der Waals surface area (Å²) in [6.45, 7) is 4.98. The van der Waals surface area contributed by atoms with Crippen molar-refractivity contribution in [2.24, 2.45) is 0 Å². The van der Waals surface area contributed by atoms with Gasteiger partial charge in [-0.2, -0.15) is 0 Å². The fraction of sp³-hybridized carbons (Fsp3) is 0.286. The largest absolute Gasteiger partial charge is 0.497 e. The van der Waals surface area contributed by atoms with E-state index >= 15 is 0 Å². The molecule has 2 heterocycles. The third kappa shape index (κ3) is 3.18. The van der Waals surface area contributed by atoms with Crippen molar-refractivity contribution in [2.75, 3.05) is 31.6 Å². The number of hydrogen-bond donors (Lipinski definition) is 1. The van der Waals surface area contributed by atoms with Crippen molar-refractivity contribution in [3.8, 4) is 17.1 Å². The van der Waals surface area contributed by atoms with E-state index in [2.05, 4.69) is 23.2 Å². The fourth-order valence-corrected chi connectivity index (χ4v) is 3.43. The zero-order valence-electron chi connectivity index (χ0n) is 15.0. The van der Waals surface area contributed by atoms with E-state index in [0.29, 0.717) is 17.2 Å². The van der Waals surface area contributed by atoms with Gasteiger partial charge in [0.2, 0.25) is 0 Å². The number of nitrogens with zero attached hydrogens (tertiary/aromatic N) is 1. The van der Waals surface area contributed by atoms with E-state index in [9.17, 15) is 4.79 Å². The van der Waals surface area contributed by atoms with Crippen LogP contribution in [-0.4, -0.2) is 32.8 Å². The Morgan fingerprint density at radius 1 is 1.15 bits per heavy atom. The molecule has 134 valence electrons. The van der Waals surface area contributed by atoms with Gasteiger partial charge in [0.25, 0.3) is 0 Å². The highest BCUT2D eigenvalue weighted by molar-refractivity contribution is 5.87. The monoisotopic (exact) mass is 350 g/mol. The number of nitrogens with one attached hydrogen (secondary N) is 1. The summed E-state index contributed by atoms with van der Waals surface area (Å²) in [5.41, 5.74) is 1.61. The highest BCUT2D eigenvalue weighted by Gasteiger charge is 2.17. The maximum absolute atomic E-state index is 12.6. The minimum absolute atomic E-state index is 0.307. The Hall–Kier alpha value is -2.79. The van der Waals surface area contributed by atoms with Gasteiger partial charge in [0.15, 0.2) is 0 Å². The van der Waals surface area contributed by atoms with E-state index < -0.39 is 0 Å². The molecule has 1 aliphatic heterocycles. The van der Waals surface area contributed by atoms with Gasteiger partial charge in [-0.1, -0.05) is 6.07 Å². The van der Waals surface area contributed by atoms with Crippen LogP contribution in [0.25, 0.3) is 22.1 Å². The molecule has 1 saturated heterocycles. The summed E-state index contributed by atoms with van der Waals surface area (Å²) in [6, 6.07) is 15.9. The average Bonchev–Trinajstić information content (AvgIpc) is 2.68. The Labute approximate surface area is 152 Å². The predicted octanol–water partition coefficient (Wildman–Crippen LogP) is 3.27. The predicted molar refractivity (Wildman–Crippen MR) is 104 cm³/mol. The summed E-state index contributed by atoms with van der Waals surface area (Å²) in [4.78, 5) is 14.9. The SMILES string of the molecule is COc1ccc(-c2cc3ccc(N4CCN[C@@H](C)C4)cc3c(=O)o2)cc1. The lowest BCUT2D eigenvalue weighted by atomic mass is 10.1. The molecule has 26 heavy (non-hydrogen) atoms. The Morgan fingerprint density at radius 3 is 2.69 bits per heavy atom. The summed E-state index contributed by atoms with van der Waals surface area (Å²) in [5.74, 6) is 1.33. The van der Waals surface area contributed by atoms with Crippen LogP contribution in [0.15, 0.2) is 57.7 Å². The lowest BCUT2D eigenvalue weighted by Crippen LogP contribution is -2.49. The average molecular weight is 350 g/mol. The number of benzene rings is 2. The van der Waals surface area contributed by atoms with Gasteiger partial charge < -0.3 is 19.4 Å². The Kier molecular flexibility index (Phi) is 4.39. The molecular weight excluding hydrogens is 328 g/mol. The molecule has 1 atom stereocenters. The summed E-state index contributed by atoms with van der Waals surface area (Å²) in [7, 11) is 1.63. The van der Waals surface area contributed by atoms with E-state index in [1.807, 2.05) is 42.5 Å². The first kappa shape index (κ1) is 16.7. The van der Waals surface area contributed by atoms with Crippen LogP contribution in [0.3, 0.4) is 0 Å². The van der Waals surface area contributed by atoms with Gasteiger partial charge >= 0.3 is 5.63 Å². The fourth-order valence-electron chi connectivity index (χ4n) is 3.43. The van der Waals surface area contributed by atoms with E-state index in [0.717, 1.165) is 42.0 Å². The lowest BCUT2D eigenvalue weighted by Gasteiger charge is -2.33. The first-order valence-corrected chi connectivity index (χ1v) is 8.85. The molecule has 0 bridgehead atoms. The molecule has 1 aromatic heterocycles. The minimum Gasteiger partial charge on any atom is -0.497 e. The van der Waals surface area contributed by atoms with Gasteiger partial charge in [0.1, 0.15) is 11.5 Å². The molecular formula is C21H22N2O3. The molecule has 5 nitrogen and oxygen atoms in total. The Morgan fingerprint density at radius 2 is 1.96 bits per heavy atom. The van der Waals surface area contributed by atoms with Crippen LogP contribution in [0, 0.1) is 0 Å². The molecule has 0 unspecified atom stereocenters. The molecule has 0 saturated carbocycles. The standard InChI is InChI=1S/C21H22N2O3/c1-14-13-23(10-9-22-14)17-6-3-16-11-20(26-21(24)19(16)12-17)15-4-7-18(25-2)8-5-15/h3-8,11-12,14,22H,9-10,13H2,1-2H3/t14-/m0/s1. The summed E-state index contributed by atoms with van der Waals surface area (Å²) >= 11 is 0. The van der Waals surface area contributed by atoms with Crippen LogP contribution in [0.5, 0.6) is 5.75 Å². The Balaban J connectivity index is 1.71. The van der Waals surface area contributed by atoms with E-state index in [4.69, 9.17) is 9.15 Å². The van der Waals surface area contributed by atoms with Crippen LogP contribution in [0.4, 0.5) is 5.69 Å². The second-order valence-corrected chi connectivity index (χ2v) is 6.70. The van der Waals surface area contributed by atoms with Gasteiger partial charge in [-0.15, -0.1) is 0 Å². The van der Waals surface area contributed by atoms with Crippen molar-refractivity contribution in [3.05, 3.63) is 59.0 Å². The first-order chi connectivity index (χ1) is 12.6. The zero-order chi connectivity index (χ0) is 18.1. The molecule has 3 aromatic rings. The topological polar surface area (TPSA) is 54.7 Å². The molecule has 5 heteroatoms. The smallest absolute Gasteiger partial charge is 0.344 e. The number of anilines is 1. The van der Waals surface area contributed by atoms with Crippen LogP contribution < -0.4 is 20.6 Å². The number of ether oxygens (including phenoxy) is 1. The molecule has 0 spiro atoms. The van der Waals surface area contributed by atoms with Crippen molar-refractivity contribution in [3.63, 3.8) is 0 Å². The summed E-state index contributed by atoms with van der Waals surface area (Å²) < 4.78 is 10.8. The van der Waals surface area contributed by atoms with E-state index in [-0.39, 0.29) is 5.63 Å². The van der Waals surface area contributed by atoms with Crippen molar-refractivity contribution in [1.29, 1.82) is 0 Å². The van der Waals surface area contributed by atoms with Crippen molar-refractivity contribution >= 4 is 16.5 Å². The maximum Gasteiger partial charge on any atom is 0.344 e. The van der Waals surface area contributed by atoms with Crippen molar-refractivity contribution in [1.82, 2.24) is 5.32 Å². The van der Waals surface area contributed by atoms with Gasteiger partial charge in [-0.3, -0.25) is 0 Å². The van der Waals surface area contributed by atoms with Crippen LogP contribution >= 0.6 is 0 Å². The number of rotatable bonds is 3. The quantitative estimate of drug-likeness (QED) is 0.786. The molecule has 1 aliphatic rings. The second kappa shape index (κ2) is 6.84. The highest BCUT2D eigenvalue weighted by Crippen LogP contribution is 2.27. The van der Waals surface area contributed by atoms with Gasteiger partial charge in [0.05, 0.1) is 12.5 Å². The van der Waals surface area contributed by atoms with Crippen LogP contribution in [0.2, 0.25) is 0 Å². The zero-order valence-corrected chi connectivity index (χ0v) is 15.0. The lowest BCUT2D eigenvalue weighted by molar-refractivity contribution is 0.415. The number of hydrogen-bond acceptors (Lipinski definition) is 5. The van der Waals surface area contributed by atoms with Crippen molar-refractivity contribution < 1.29 is 9.15 Å². The van der Waals surface area contributed by atoms with Crippen molar-refractivity contribution in [2.45, 2.75) is 13.0 Å². The molecule has 1 fully saturated rings. The second-order valence-electron chi connectivity index (χ2n) is 6.70. The molecule has 0 amide bonds. The maximum atomic E-state index is 12.6. The normalized spacial score (nSPS) is 17.5. The molecule has 1 N–H and O–H groups in total. The number of fused-ring (bicyclic) bond motifs is 1. The molecule has 2 aromatic carbocycles. The summed E-state index contributed by atoms with van der Waals surface area (Å²) in [6.07, 6.45) is 0. The van der Waals surface area contributed by atoms with Crippen LogP contribution in [-0.2, 0) is 0 Å². The number of methoxy groups -OCH3 is 1. The molecule has 0 aliphatic carbocycles. The molecule has 0 radical (unpaired) electrons. The van der Waals surface area contributed by atoms with Gasteiger partial charge in [-0.25, -0.2) is 4.79 Å². The third-order valence-electron chi connectivity index (χ3n) is 4.85. The molecule has 4 rings (SSSR count). The Bertz CT molecular complexity index is 979. The number of piperazine rings is 1. The third-order valence-corrected chi connectivity index (χ3v) is 4.85. The van der Waals surface area contributed by atoms with Gasteiger partial charge in [-0.05, 0) is 54.8 Å². The highest BCUT2D eigenvalue weighted by atomic mass is 16.5. The van der Waals surface area contributed by atoms with Gasteiger partial charge in [0, 0.05) is 36.9 Å². The van der Waals surface area contributed by atoms with Crippen LogP contribution in [0.1, 0.15) is 6.92 Å². The minimum atomic E-state index is -0.307. The summed E-state index contributed by atoms with van der Waals surface area (Å²) in [5, 5.41) is 4.94. The first-order valence-electron chi connectivity index (χ1n) is 8.85.